The molecule has 3 rings (SSSR count). The summed E-state index contributed by atoms with van der Waals surface area (Å²) in [7, 11) is 0. The van der Waals surface area contributed by atoms with Gasteiger partial charge in [0.25, 0.3) is 0 Å². The zero-order chi connectivity index (χ0) is 14.6. The van der Waals surface area contributed by atoms with Crippen molar-refractivity contribution in [2.75, 3.05) is 0 Å². The Hall–Kier alpha value is -1.69. The molecular formula is C14H18N4OS. The smallest absolute Gasteiger partial charge is 0.246 e. The molecule has 0 fully saturated rings. The Morgan fingerprint density at radius 1 is 1.30 bits per heavy atom. The van der Waals surface area contributed by atoms with Gasteiger partial charge in [0.05, 0.1) is 5.39 Å². The summed E-state index contributed by atoms with van der Waals surface area (Å²) in [6.07, 6.45) is 0. The normalized spacial score (nSPS) is 12.1. The summed E-state index contributed by atoms with van der Waals surface area (Å²) in [6, 6.07) is 0. The molecule has 0 N–H and O–H groups in total. The molecule has 3 heterocycles. The SMILES string of the molecule is CCn1nc2c3c(C)c(C)sc3nc(C(C)C)n2c1=O. The van der Waals surface area contributed by atoms with E-state index >= 15 is 0 Å². The van der Waals surface area contributed by atoms with Gasteiger partial charge in [0.15, 0.2) is 5.65 Å². The second-order valence-electron chi connectivity index (χ2n) is 5.35. The van der Waals surface area contributed by atoms with Gasteiger partial charge in [-0.05, 0) is 26.3 Å². The van der Waals surface area contributed by atoms with Gasteiger partial charge in [0.1, 0.15) is 10.7 Å². The highest BCUT2D eigenvalue weighted by Gasteiger charge is 2.20. The van der Waals surface area contributed by atoms with Crippen molar-refractivity contribution in [3.05, 3.63) is 26.7 Å². The number of nitrogens with zero attached hydrogens (tertiary/aromatic N) is 4. The predicted octanol–water partition coefficient (Wildman–Crippen LogP) is 2.87. The third kappa shape index (κ3) is 1.64. The lowest BCUT2D eigenvalue weighted by Crippen LogP contribution is -2.23. The van der Waals surface area contributed by atoms with Gasteiger partial charge in [-0.15, -0.1) is 16.4 Å². The Kier molecular flexibility index (Phi) is 2.93. The molecule has 0 saturated carbocycles. The highest BCUT2D eigenvalue weighted by atomic mass is 32.1. The first kappa shape index (κ1) is 13.3. The lowest BCUT2D eigenvalue weighted by molar-refractivity contribution is 0.626. The average Bonchev–Trinajstić information content (AvgIpc) is 2.87. The van der Waals surface area contributed by atoms with Gasteiger partial charge in [-0.25, -0.2) is 18.9 Å². The molecule has 0 aliphatic heterocycles. The van der Waals surface area contributed by atoms with E-state index in [0.29, 0.717) is 6.54 Å². The number of aryl methyl sites for hydroxylation is 3. The lowest BCUT2D eigenvalue weighted by Gasteiger charge is -2.07. The molecule has 20 heavy (non-hydrogen) atoms. The molecule has 0 amide bonds. The van der Waals surface area contributed by atoms with E-state index < -0.39 is 0 Å². The van der Waals surface area contributed by atoms with Crippen LogP contribution in [0.2, 0.25) is 0 Å². The summed E-state index contributed by atoms with van der Waals surface area (Å²) in [4.78, 5) is 19.4. The van der Waals surface area contributed by atoms with E-state index in [-0.39, 0.29) is 11.6 Å². The van der Waals surface area contributed by atoms with Crippen LogP contribution < -0.4 is 5.69 Å². The van der Waals surface area contributed by atoms with Crippen molar-refractivity contribution in [2.24, 2.45) is 0 Å². The molecule has 0 bridgehead atoms. The molecule has 0 radical (unpaired) electrons. The van der Waals surface area contributed by atoms with Crippen molar-refractivity contribution >= 4 is 27.2 Å². The Morgan fingerprint density at radius 3 is 2.60 bits per heavy atom. The van der Waals surface area contributed by atoms with E-state index in [1.165, 1.54) is 15.1 Å². The van der Waals surface area contributed by atoms with Crippen LogP contribution in [0.1, 0.15) is 43.0 Å². The largest absolute Gasteiger partial charge is 0.351 e. The van der Waals surface area contributed by atoms with Crippen molar-refractivity contribution in [2.45, 2.75) is 47.1 Å². The molecule has 0 unspecified atom stereocenters. The van der Waals surface area contributed by atoms with Crippen molar-refractivity contribution < 1.29 is 0 Å². The Morgan fingerprint density at radius 2 is 2.00 bits per heavy atom. The van der Waals surface area contributed by atoms with Gasteiger partial charge < -0.3 is 0 Å². The van der Waals surface area contributed by atoms with E-state index in [1.54, 1.807) is 15.7 Å². The molecular weight excluding hydrogens is 272 g/mol. The zero-order valence-corrected chi connectivity index (χ0v) is 13.2. The highest BCUT2D eigenvalue weighted by molar-refractivity contribution is 7.18. The van der Waals surface area contributed by atoms with Crippen LogP contribution in [-0.2, 0) is 6.54 Å². The average molecular weight is 290 g/mol. The number of thiophene rings is 1. The standard InChI is InChI=1S/C14H18N4OS/c1-6-17-14(19)18-11(7(2)3)15-13-10(12(18)16-17)8(4)9(5)20-13/h7H,6H2,1-5H3. The van der Waals surface area contributed by atoms with Crippen LogP contribution >= 0.6 is 11.3 Å². The minimum Gasteiger partial charge on any atom is -0.246 e. The molecule has 0 aliphatic carbocycles. The first-order valence-corrected chi connectivity index (χ1v) is 7.66. The van der Waals surface area contributed by atoms with Crippen molar-refractivity contribution in [3.63, 3.8) is 0 Å². The van der Waals surface area contributed by atoms with Gasteiger partial charge in [-0.2, -0.15) is 0 Å². The van der Waals surface area contributed by atoms with Crippen LogP contribution in [0.5, 0.6) is 0 Å². The van der Waals surface area contributed by atoms with E-state index in [9.17, 15) is 4.79 Å². The third-order valence-electron chi connectivity index (χ3n) is 3.69. The summed E-state index contributed by atoms with van der Waals surface area (Å²) in [5.41, 5.74) is 1.82. The molecule has 106 valence electrons. The third-order valence-corrected chi connectivity index (χ3v) is 4.79. The second-order valence-corrected chi connectivity index (χ2v) is 6.55. The summed E-state index contributed by atoms with van der Waals surface area (Å²) >= 11 is 1.67. The maximum atomic E-state index is 12.5. The summed E-state index contributed by atoms with van der Waals surface area (Å²) < 4.78 is 3.18. The van der Waals surface area contributed by atoms with Crippen LogP contribution in [0.25, 0.3) is 15.9 Å². The number of aromatic nitrogens is 4. The minimum atomic E-state index is -0.0937. The first-order valence-electron chi connectivity index (χ1n) is 6.84. The number of hydrogen-bond acceptors (Lipinski definition) is 4. The van der Waals surface area contributed by atoms with E-state index in [4.69, 9.17) is 4.98 Å². The Bertz CT molecular complexity index is 869. The molecule has 3 aromatic heterocycles. The second kappa shape index (κ2) is 4.41. The fourth-order valence-corrected chi connectivity index (χ4v) is 3.51. The van der Waals surface area contributed by atoms with E-state index in [1.807, 2.05) is 6.92 Å². The van der Waals surface area contributed by atoms with Crippen molar-refractivity contribution in [1.29, 1.82) is 0 Å². The van der Waals surface area contributed by atoms with Crippen LogP contribution in [0.4, 0.5) is 0 Å². The zero-order valence-electron chi connectivity index (χ0n) is 12.4. The maximum Gasteiger partial charge on any atom is 0.351 e. The summed E-state index contributed by atoms with van der Waals surface area (Å²) in [5, 5.41) is 5.52. The number of fused-ring (bicyclic) bond motifs is 3. The van der Waals surface area contributed by atoms with Gasteiger partial charge >= 0.3 is 5.69 Å². The minimum absolute atomic E-state index is 0.0937. The topological polar surface area (TPSA) is 52.2 Å². The molecule has 0 spiro atoms. The van der Waals surface area contributed by atoms with Crippen LogP contribution in [-0.4, -0.2) is 19.2 Å². The molecule has 3 aromatic rings. The quantitative estimate of drug-likeness (QED) is 0.729. The Labute approximate surface area is 120 Å². The summed E-state index contributed by atoms with van der Waals surface area (Å²) in [5.74, 6) is 0.968. The van der Waals surface area contributed by atoms with Crippen LogP contribution in [0.3, 0.4) is 0 Å². The van der Waals surface area contributed by atoms with Crippen molar-refractivity contribution in [3.8, 4) is 0 Å². The van der Waals surface area contributed by atoms with Gasteiger partial charge in [0.2, 0.25) is 0 Å². The molecule has 5 nitrogen and oxygen atoms in total. The van der Waals surface area contributed by atoms with Crippen LogP contribution in [0.15, 0.2) is 4.79 Å². The Balaban J connectivity index is 2.62. The van der Waals surface area contributed by atoms with Gasteiger partial charge in [-0.3, -0.25) is 0 Å². The number of rotatable bonds is 2. The molecule has 0 saturated heterocycles. The summed E-state index contributed by atoms with van der Waals surface area (Å²) in [6.45, 7) is 10.8. The highest BCUT2D eigenvalue weighted by Crippen LogP contribution is 2.32. The van der Waals surface area contributed by atoms with Gasteiger partial charge in [0, 0.05) is 17.3 Å². The lowest BCUT2D eigenvalue weighted by atomic mass is 10.2. The molecule has 0 aliphatic rings. The fraction of sp³-hybridized carbons (Fsp3) is 0.500. The van der Waals surface area contributed by atoms with Crippen molar-refractivity contribution in [1.82, 2.24) is 19.2 Å². The van der Waals surface area contributed by atoms with Crippen LogP contribution in [0, 0.1) is 13.8 Å². The predicted molar refractivity (Wildman–Crippen MR) is 81.9 cm³/mol. The first-order chi connectivity index (χ1) is 9.45. The maximum absolute atomic E-state index is 12.5. The molecule has 0 aromatic carbocycles. The molecule has 0 atom stereocenters. The van der Waals surface area contributed by atoms with Gasteiger partial charge in [-0.1, -0.05) is 13.8 Å². The monoisotopic (exact) mass is 290 g/mol. The molecule has 6 heteroatoms. The van der Waals surface area contributed by atoms with E-state index in [2.05, 4.69) is 32.8 Å². The van der Waals surface area contributed by atoms with E-state index in [0.717, 1.165) is 21.7 Å². The fourth-order valence-electron chi connectivity index (χ4n) is 2.47. The number of hydrogen-bond donors (Lipinski definition) is 0.